The first-order chi connectivity index (χ1) is 13.9. The minimum absolute atomic E-state index is 0.0620. The smallest absolute Gasteiger partial charge is 0.401 e. The van der Waals surface area contributed by atoms with Gasteiger partial charge in [-0.05, 0) is 56.3 Å². The number of alkyl halides is 3. The lowest BCUT2D eigenvalue weighted by molar-refractivity contribution is -0.232. The Morgan fingerprint density at radius 2 is 1.77 bits per heavy atom. The van der Waals surface area contributed by atoms with Crippen molar-refractivity contribution in [1.29, 1.82) is 0 Å². The summed E-state index contributed by atoms with van der Waals surface area (Å²) in [6.07, 6.45) is 1.73. The van der Waals surface area contributed by atoms with Crippen molar-refractivity contribution in [3.63, 3.8) is 0 Å². The summed E-state index contributed by atoms with van der Waals surface area (Å²) in [6, 6.07) is 0. The summed E-state index contributed by atoms with van der Waals surface area (Å²) >= 11 is 0. The van der Waals surface area contributed by atoms with E-state index in [0.29, 0.717) is 6.42 Å². The molecule has 0 radical (unpaired) electrons. The molecular formula is C23H37F3O4. The van der Waals surface area contributed by atoms with Crippen molar-refractivity contribution in [1.82, 2.24) is 0 Å². The fourth-order valence-electron chi connectivity index (χ4n) is 5.27. The van der Waals surface area contributed by atoms with Crippen molar-refractivity contribution in [3.8, 4) is 0 Å². The van der Waals surface area contributed by atoms with E-state index in [2.05, 4.69) is 6.92 Å². The summed E-state index contributed by atoms with van der Waals surface area (Å²) in [4.78, 5) is 23.0. The van der Waals surface area contributed by atoms with E-state index < -0.39 is 23.6 Å². The maximum atomic E-state index is 13.2. The molecule has 30 heavy (non-hydrogen) atoms. The summed E-state index contributed by atoms with van der Waals surface area (Å²) in [6.45, 7) is 7.77. The molecule has 2 bridgehead atoms. The second kappa shape index (κ2) is 9.58. The van der Waals surface area contributed by atoms with Gasteiger partial charge in [0.05, 0.1) is 11.5 Å². The van der Waals surface area contributed by atoms with Gasteiger partial charge in [0.25, 0.3) is 0 Å². The number of methoxy groups -OCH3 is 1. The van der Waals surface area contributed by atoms with Crippen LogP contribution in [0.4, 0.5) is 13.2 Å². The topological polar surface area (TPSA) is 52.6 Å². The van der Waals surface area contributed by atoms with E-state index in [9.17, 15) is 22.8 Å². The highest BCUT2D eigenvalue weighted by atomic mass is 19.4. The van der Waals surface area contributed by atoms with Crippen LogP contribution in [0.15, 0.2) is 0 Å². The zero-order valence-corrected chi connectivity index (χ0v) is 18.9. The van der Waals surface area contributed by atoms with Crippen LogP contribution in [0.5, 0.6) is 0 Å². The van der Waals surface area contributed by atoms with Gasteiger partial charge < -0.3 is 14.3 Å². The van der Waals surface area contributed by atoms with E-state index in [1.807, 2.05) is 21.0 Å². The standard InChI is InChI=1S/C15H21F3O3.C8H16O/c1-8(2)9(3)13(20)21-12-5-11-4-10(12)6-14(11,7-19)15(16,17)18;1-3-8(9-2)6-4-5-7-8/h7-12H,4-6H2,1-3H3;3-7H2,1-2H3. The number of hydrogen-bond acceptors (Lipinski definition) is 4. The predicted molar refractivity (Wildman–Crippen MR) is 108 cm³/mol. The Morgan fingerprint density at radius 1 is 1.17 bits per heavy atom. The molecule has 3 rings (SSSR count). The van der Waals surface area contributed by atoms with Crippen molar-refractivity contribution in [3.05, 3.63) is 0 Å². The summed E-state index contributed by atoms with van der Waals surface area (Å²) in [7, 11) is 1.84. The molecule has 0 N–H and O–H groups in total. The summed E-state index contributed by atoms with van der Waals surface area (Å²) in [5, 5.41) is 0. The van der Waals surface area contributed by atoms with Gasteiger partial charge in [-0.25, -0.2) is 0 Å². The van der Waals surface area contributed by atoms with Crippen molar-refractivity contribution < 1.29 is 32.2 Å². The van der Waals surface area contributed by atoms with Crippen LogP contribution in [0, 0.1) is 29.1 Å². The van der Waals surface area contributed by atoms with Gasteiger partial charge in [-0.15, -0.1) is 0 Å². The fraction of sp³-hybridized carbons (Fsp3) is 0.913. The lowest BCUT2D eigenvalue weighted by atomic mass is 9.73. The number of esters is 1. The Morgan fingerprint density at radius 3 is 2.10 bits per heavy atom. The van der Waals surface area contributed by atoms with Gasteiger partial charge in [-0.2, -0.15) is 13.2 Å². The molecule has 3 aliphatic rings. The molecule has 5 unspecified atom stereocenters. The average Bonchev–Trinajstić information content (AvgIpc) is 3.41. The number of carbonyl (C=O) groups is 2. The van der Waals surface area contributed by atoms with Crippen LogP contribution in [0.25, 0.3) is 0 Å². The Bertz CT molecular complexity index is 592. The Balaban J connectivity index is 0.000000297. The predicted octanol–water partition coefficient (Wildman–Crippen LogP) is 5.72. The Kier molecular flexibility index (Phi) is 8.03. The molecule has 0 aromatic carbocycles. The largest absolute Gasteiger partial charge is 0.462 e. The van der Waals surface area contributed by atoms with Crippen molar-refractivity contribution in [2.45, 2.75) is 96.9 Å². The number of halogens is 3. The summed E-state index contributed by atoms with van der Waals surface area (Å²) < 4.78 is 50.3. The number of rotatable bonds is 6. The maximum Gasteiger partial charge on any atom is 0.401 e. The lowest BCUT2D eigenvalue weighted by Gasteiger charge is -2.37. The van der Waals surface area contributed by atoms with Crippen LogP contribution >= 0.6 is 0 Å². The lowest BCUT2D eigenvalue weighted by Crippen LogP contribution is -2.46. The molecule has 0 spiro atoms. The number of ether oxygens (including phenoxy) is 2. The first-order valence-electron chi connectivity index (χ1n) is 11.2. The number of hydrogen-bond donors (Lipinski definition) is 0. The molecule has 3 fully saturated rings. The van der Waals surface area contributed by atoms with E-state index >= 15 is 0 Å². The molecule has 0 aliphatic heterocycles. The zero-order valence-electron chi connectivity index (χ0n) is 18.9. The highest BCUT2D eigenvalue weighted by molar-refractivity contribution is 5.72. The SMILES string of the molecule is CC(C)C(C)C(=O)OC1CC2CC1CC2(C=O)C(F)(F)F.CCC1(OC)CCCC1. The molecule has 0 heterocycles. The molecule has 0 saturated heterocycles. The van der Waals surface area contributed by atoms with Gasteiger partial charge in [0.1, 0.15) is 17.8 Å². The zero-order chi connectivity index (χ0) is 22.7. The van der Waals surface area contributed by atoms with E-state index in [4.69, 9.17) is 9.47 Å². The molecule has 5 atom stereocenters. The van der Waals surface area contributed by atoms with E-state index in [1.54, 1.807) is 6.92 Å². The quantitative estimate of drug-likeness (QED) is 0.396. The van der Waals surface area contributed by atoms with Gasteiger partial charge in [0, 0.05) is 7.11 Å². The molecule has 0 amide bonds. The molecule has 7 heteroatoms. The third-order valence-corrected chi connectivity index (χ3v) is 7.93. The van der Waals surface area contributed by atoms with Crippen molar-refractivity contribution in [2.75, 3.05) is 7.11 Å². The first kappa shape index (κ1) is 25.2. The fourth-order valence-corrected chi connectivity index (χ4v) is 5.27. The van der Waals surface area contributed by atoms with Crippen LogP contribution in [-0.2, 0) is 19.1 Å². The van der Waals surface area contributed by atoms with Crippen LogP contribution in [-0.4, -0.2) is 37.2 Å². The third kappa shape index (κ3) is 4.86. The molecule has 4 nitrogen and oxygen atoms in total. The Labute approximate surface area is 178 Å². The summed E-state index contributed by atoms with van der Waals surface area (Å²) in [5.41, 5.74) is -1.95. The highest BCUT2D eigenvalue weighted by Gasteiger charge is 2.68. The minimum Gasteiger partial charge on any atom is -0.462 e. The number of carbonyl (C=O) groups excluding carboxylic acids is 2. The Hall–Kier alpha value is -1.11. The van der Waals surface area contributed by atoms with Crippen LogP contribution in [0.2, 0.25) is 0 Å². The number of aldehydes is 1. The van der Waals surface area contributed by atoms with Crippen molar-refractivity contribution >= 4 is 12.3 Å². The van der Waals surface area contributed by atoms with E-state index in [1.165, 1.54) is 32.1 Å². The van der Waals surface area contributed by atoms with Crippen molar-refractivity contribution in [2.24, 2.45) is 29.1 Å². The minimum atomic E-state index is -4.52. The van der Waals surface area contributed by atoms with Gasteiger partial charge in [0.15, 0.2) is 0 Å². The van der Waals surface area contributed by atoms with Gasteiger partial charge >= 0.3 is 12.1 Å². The summed E-state index contributed by atoms with van der Waals surface area (Å²) in [5.74, 6) is -1.62. The highest BCUT2D eigenvalue weighted by Crippen LogP contribution is 2.62. The molecule has 3 aliphatic carbocycles. The normalized spacial score (nSPS) is 33.2. The van der Waals surface area contributed by atoms with Crippen LogP contribution in [0.3, 0.4) is 0 Å². The van der Waals surface area contributed by atoms with Gasteiger partial charge in [-0.1, -0.05) is 40.5 Å². The van der Waals surface area contributed by atoms with Gasteiger partial charge in [0.2, 0.25) is 0 Å². The number of fused-ring (bicyclic) bond motifs is 2. The molecule has 0 aromatic rings. The monoisotopic (exact) mass is 434 g/mol. The maximum absolute atomic E-state index is 13.2. The second-order valence-electron chi connectivity index (χ2n) is 9.74. The molecule has 3 saturated carbocycles. The van der Waals surface area contributed by atoms with Gasteiger partial charge in [-0.3, -0.25) is 4.79 Å². The third-order valence-electron chi connectivity index (χ3n) is 7.93. The molecular weight excluding hydrogens is 397 g/mol. The van der Waals surface area contributed by atoms with E-state index in [0.717, 1.165) is 0 Å². The molecule has 0 aromatic heterocycles. The second-order valence-corrected chi connectivity index (χ2v) is 9.74. The van der Waals surface area contributed by atoms with Crippen LogP contribution in [0.1, 0.15) is 79.1 Å². The van der Waals surface area contributed by atoms with E-state index in [-0.39, 0.29) is 48.5 Å². The van der Waals surface area contributed by atoms with Crippen LogP contribution < -0.4 is 0 Å². The molecule has 174 valence electrons. The average molecular weight is 435 g/mol. The first-order valence-corrected chi connectivity index (χ1v) is 11.2.